The Morgan fingerprint density at radius 1 is 1.11 bits per heavy atom. The number of piperidine rings is 1. The SMILES string of the molecule is O=C(N[C@@H]1C[C@]2(c3cccc(O)c3)CCCC(O)C2CN1CC1CC1)C(=Cc1ccccc1)C(F)(F)F. The summed E-state index contributed by atoms with van der Waals surface area (Å²) >= 11 is 0. The standard InChI is InChI=1S/C29H33F3N2O3/c30-29(31,32)23(14-19-6-2-1-3-7-19)27(37)33-26-16-28(21-8-4-9-22(35)15-21)13-5-10-25(36)24(28)18-34(26)17-20-11-12-20/h1-4,6-9,14-15,20,24-26,35-36H,5,10-13,16-18H2,(H,33,37)/t24?,25?,26-,28-/m0/s1. The van der Waals surface area contributed by atoms with Crippen molar-refractivity contribution < 1.29 is 28.2 Å². The molecule has 1 heterocycles. The maximum Gasteiger partial charge on any atom is 0.421 e. The molecule has 1 amide bonds. The van der Waals surface area contributed by atoms with Gasteiger partial charge in [0.1, 0.15) is 11.3 Å². The topological polar surface area (TPSA) is 72.8 Å². The summed E-state index contributed by atoms with van der Waals surface area (Å²) in [7, 11) is 0. The van der Waals surface area contributed by atoms with Crippen molar-refractivity contribution in [2.24, 2.45) is 11.8 Å². The lowest BCUT2D eigenvalue weighted by Gasteiger charge is -2.56. The van der Waals surface area contributed by atoms with Crippen LogP contribution in [0.2, 0.25) is 0 Å². The summed E-state index contributed by atoms with van der Waals surface area (Å²) in [5.41, 5.74) is -0.634. The van der Waals surface area contributed by atoms with Crippen LogP contribution in [-0.2, 0) is 10.2 Å². The monoisotopic (exact) mass is 514 g/mol. The first-order chi connectivity index (χ1) is 17.7. The average molecular weight is 515 g/mol. The highest BCUT2D eigenvalue weighted by molar-refractivity contribution is 5.99. The molecule has 2 aliphatic carbocycles. The third kappa shape index (κ3) is 5.55. The maximum atomic E-state index is 14.0. The fourth-order valence-electron chi connectivity index (χ4n) is 6.27. The van der Waals surface area contributed by atoms with E-state index in [0.29, 0.717) is 37.4 Å². The number of amides is 1. The molecule has 2 unspecified atom stereocenters. The minimum Gasteiger partial charge on any atom is -0.508 e. The number of hydrogen-bond acceptors (Lipinski definition) is 4. The first-order valence-corrected chi connectivity index (χ1v) is 13.0. The van der Waals surface area contributed by atoms with E-state index in [4.69, 9.17) is 0 Å². The van der Waals surface area contributed by atoms with E-state index >= 15 is 0 Å². The fourth-order valence-corrected chi connectivity index (χ4v) is 6.27. The van der Waals surface area contributed by atoms with Crippen molar-refractivity contribution in [2.75, 3.05) is 13.1 Å². The van der Waals surface area contributed by atoms with Crippen LogP contribution in [0.15, 0.2) is 60.2 Å². The van der Waals surface area contributed by atoms with Crippen molar-refractivity contribution in [3.63, 3.8) is 0 Å². The van der Waals surface area contributed by atoms with Crippen LogP contribution in [-0.4, -0.2) is 52.6 Å². The Morgan fingerprint density at radius 2 is 1.86 bits per heavy atom. The number of benzene rings is 2. The van der Waals surface area contributed by atoms with Crippen LogP contribution in [0.3, 0.4) is 0 Å². The van der Waals surface area contributed by atoms with Crippen LogP contribution in [0.25, 0.3) is 6.08 Å². The zero-order chi connectivity index (χ0) is 26.2. The number of nitrogens with zero attached hydrogens (tertiary/aromatic N) is 1. The number of aliphatic hydroxyl groups excluding tert-OH is 1. The molecule has 0 bridgehead atoms. The summed E-state index contributed by atoms with van der Waals surface area (Å²) in [6, 6.07) is 15.0. The summed E-state index contributed by atoms with van der Waals surface area (Å²) in [4.78, 5) is 15.3. The molecule has 3 aliphatic rings. The van der Waals surface area contributed by atoms with Gasteiger partial charge in [0.15, 0.2) is 0 Å². The predicted octanol–water partition coefficient (Wildman–Crippen LogP) is 4.99. The molecule has 1 aliphatic heterocycles. The van der Waals surface area contributed by atoms with E-state index in [2.05, 4.69) is 10.2 Å². The van der Waals surface area contributed by atoms with E-state index in [9.17, 15) is 28.2 Å². The summed E-state index contributed by atoms with van der Waals surface area (Å²) in [5.74, 6) is -0.730. The van der Waals surface area contributed by atoms with E-state index in [1.165, 1.54) is 12.1 Å². The molecule has 5 rings (SSSR count). The van der Waals surface area contributed by atoms with Crippen molar-refractivity contribution in [3.8, 4) is 5.75 Å². The van der Waals surface area contributed by atoms with Crippen LogP contribution >= 0.6 is 0 Å². The van der Waals surface area contributed by atoms with E-state index in [-0.39, 0.29) is 11.7 Å². The lowest BCUT2D eigenvalue weighted by molar-refractivity contribution is -0.134. The Labute approximate surface area is 215 Å². The molecule has 2 aromatic rings. The molecule has 5 nitrogen and oxygen atoms in total. The van der Waals surface area contributed by atoms with Crippen LogP contribution in [0.1, 0.15) is 49.7 Å². The van der Waals surface area contributed by atoms with Gasteiger partial charge >= 0.3 is 6.18 Å². The van der Waals surface area contributed by atoms with Crippen LogP contribution in [0, 0.1) is 11.8 Å². The van der Waals surface area contributed by atoms with Crippen LogP contribution in [0.5, 0.6) is 5.75 Å². The summed E-state index contributed by atoms with van der Waals surface area (Å²) in [6.07, 6.45) is -0.467. The Morgan fingerprint density at radius 3 is 2.54 bits per heavy atom. The van der Waals surface area contributed by atoms with Gasteiger partial charge < -0.3 is 15.5 Å². The largest absolute Gasteiger partial charge is 0.508 e. The molecule has 37 heavy (non-hydrogen) atoms. The first kappa shape index (κ1) is 25.8. The second-order valence-electron chi connectivity index (χ2n) is 10.8. The number of alkyl halides is 3. The number of fused-ring (bicyclic) bond motifs is 1. The third-order valence-corrected chi connectivity index (χ3v) is 8.30. The van der Waals surface area contributed by atoms with E-state index in [1.54, 1.807) is 36.4 Å². The van der Waals surface area contributed by atoms with Crippen molar-refractivity contribution in [3.05, 3.63) is 71.3 Å². The normalized spacial score (nSPS) is 29.0. The van der Waals surface area contributed by atoms with Gasteiger partial charge in [-0.15, -0.1) is 0 Å². The average Bonchev–Trinajstić information content (AvgIpc) is 3.67. The minimum atomic E-state index is -4.82. The fraction of sp³-hybridized carbons (Fsp3) is 0.483. The number of likely N-dealkylation sites (tertiary alicyclic amines) is 1. The molecule has 8 heteroatoms. The maximum absolute atomic E-state index is 14.0. The summed E-state index contributed by atoms with van der Waals surface area (Å²) < 4.78 is 42.1. The second kappa shape index (κ2) is 10.1. The van der Waals surface area contributed by atoms with Crippen molar-refractivity contribution in [1.29, 1.82) is 0 Å². The molecule has 4 atom stereocenters. The highest BCUT2D eigenvalue weighted by atomic mass is 19.4. The molecular weight excluding hydrogens is 481 g/mol. The van der Waals surface area contributed by atoms with Gasteiger partial charge in [-0.05, 0) is 73.8 Å². The number of halogens is 3. The summed E-state index contributed by atoms with van der Waals surface area (Å²) in [5, 5.41) is 24.0. The van der Waals surface area contributed by atoms with Gasteiger partial charge in [0.2, 0.25) is 0 Å². The number of carbonyl (C=O) groups is 1. The molecule has 0 radical (unpaired) electrons. The molecule has 2 aromatic carbocycles. The number of aromatic hydroxyl groups is 1. The van der Waals surface area contributed by atoms with Crippen molar-refractivity contribution >= 4 is 12.0 Å². The predicted molar refractivity (Wildman–Crippen MR) is 134 cm³/mol. The lowest BCUT2D eigenvalue weighted by atomic mass is 9.57. The van der Waals surface area contributed by atoms with Crippen LogP contribution in [0.4, 0.5) is 13.2 Å². The number of phenolic OH excluding ortho intramolecular Hbond substituents is 1. The highest BCUT2D eigenvalue weighted by Gasteiger charge is 2.53. The van der Waals surface area contributed by atoms with Crippen molar-refractivity contribution in [2.45, 2.75) is 62.4 Å². The number of rotatable bonds is 6. The van der Waals surface area contributed by atoms with E-state index in [1.807, 2.05) is 6.07 Å². The van der Waals surface area contributed by atoms with Gasteiger partial charge in [-0.1, -0.05) is 42.5 Å². The first-order valence-electron chi connectivity index (χ1n) is 13.0. The Balaban J connectivity index is 1.49. The number of phenols is 1. The minimum absolute atomic E-state index is 0.108. The molecule has 198 valence electrons. The molecule has 3 fully saturated rings. The van der Waals surface area contributed by atoms with Gasteiger partial charge in [-0.3, -0.25) is 9.69 Å². The van der Waals surface area contributed by atoms with Gasteiger partial charge in [0.25, 0.3) is 5.91 Å². The van der Waals surface area contributed by atoms with Crippen molar-refractivity contribution in [1.82, 2.24) is 10.2 Å². The number of aliphatic hydroxyl groups is 1. The zero-order valence-corrected chi connectivity index (χ0v) is 20.6. The quantitative estimate of drug-likeness (QED) is 0.475. The van der Waals surface area contributed by atoms with Gasteiger partial charge in [0, 0.05) is 24.4 Å². The number of carbonyl (C=O) groups excluding carboxylic acids is 1. The zero-order valence-electron chi connectivity index (χ0n) is 20.6. The van der Waals surface area contributed by atoms with E-state index < -0.39 is 35.3 Å². The number of nitrogens with one attached hydrogen (secondary N) is 1. The Kier molecular flexibility index (Phi) is 7.07. The molecule has 0 spiro atoms. The number of hydrogen-bond donors (Lipinski definition) is 3. The molecular formula is C29H33F3N2O3. The van der Waals surface area contributed by atoms with Gasteiger partial charge in [-0.25, -0.2) is 0 Å². The van der Waals surface area contributed by atoms with Gasteiger partial charge in [-0.2, -0.15) is 13.2 Å². The van der Waals surface area contributed by atoms with Gasteiger partial charge in [0.05, 0.1) is 12.3 Å². The lowest BCUT2D eigenvalue weighted by Crippen LogP contribution is -2.64. The molecule has 2 saturated carbocycles. The molecule has 0 aromatic heterocycles. The van der Waals surface area contributed by atoms with E-state index in [0.717, 1.165) is 37.3 Å². The summed E-state index contributed by atoms with van der Waals surface area (Å²) in [6.45, 7) is 1.15. The Hall–Kier alpha value is -2.84. The third-order valence-electron chi connectivity index (χ3n) is 8.30. The highest BCUT2D eigenvalue weighted by Crippen LogP contribution is 2.51. The second-order valence-corrected chi connectivity index (χ2v) is 10.8. The Bertz CT molecular complexity index is 1150. The molecule has 3 N–H and O–H groups in total. The smallest absolute Gasteiger partial charge is 0.421 e. The molecule has 1 saturated heterocycles. The van der Waals surface area contributed by atoms with Crippen LogP contribution < -0.4 is 5.32 Å².